The normalized spacial score (nSPS) is 13.2. The fourth-order valence-corrected chi connectivity index (χ4v) is 1.60. The summed E-state index contributed by atoms with van der Waals surface area (Å²) in [5, 5.41) is 0. The van der Waals surface area contributed by atoms with Crippen LogP contribution in [0.3, 0.4) is 0 Å². The number of hydrogen-bond donors (Lipinski definition) is 0. The highest BCUT2D eigenvalue weighted by Crippen LogP contribution is 2.13. The Hall–Kier alpha value is -0.0700. The number of unbranched alkanes of at least 4 members (excludes halogenated alkanes) is 5. The van der Waals surface area contributed by atoms with Crippen LogP contribution in [0.2, 0.25) is 0 Å². The first-order chi connectivity index (χ1) is 6.31. The van der Waals surface area contributed by atoms with Gasteiger partial charge in [-0.2, -0.15) is 0 Å². The van der Waals surface area contributed by atoms with Crippen LogP contribution in [0.15, 0.2) is 0 Å². The molecule has 0 radical (unpaired) electrons. The smallest absolute Gasteiger partial charge is 0.100 e. The van der Waals surface area contributed by atoms with E-state index in [2.05, 4.69) is 6.92 Å². The summed E-state index contributed by atoms with van der Waals surface area (Å²) in [4.78, 5) is 0. The standard InChI is InChI=1S/C12H25F/c1-3-5-6-7-8-9-11-12(13)10-4-2/h12H,3-11H2,1-2H3. The van der Waals surface area contributed by atoms with Gasteiger partial charge in [-0.05, 0) is 12.8 Å². The zero-order valence-corrected chi connectivity index (χ0v) is 9.32. The maximum atomic E-state index is 13.0. The largest absolute Gasteiger partial charge is 0.247 e. The molecule has 80 valence electrons. The van der Waals surface area contributed by atoms with Crippen LogP contribution in [-0.2, 0) is 0 Å². The maximum absolute atomic E-state index is 13.0. The van der Waals surface area contributed by atoms with Crippen LogP contribution in [0.1, 0.15) is 71.6 Å². The summed E-state index contributed by atoms with van der Waals surface area (Å²) in [6.07, 6.45) is 9.58. The highest BCUT2D eigenvalue weighted by atomic mass is 19.1. The first-order valence-electron chi connectivity index (χ1n) is 5.95. The van der Waals surface area contributed by atoms with E-state index in [1.54, 1.807) is 0 Å². The summed E-state index contributed by atoms with van der Waals surface area (Å²) in [6, 6.07) is 0. The molecule has 0 heterocycles. The molecule has 0 aromatic heterocycles. The van der Waals surface area contributed by atoms with Gasteiger partial charge in [0, 0.05) is 0 Å². The fraction of sp³-hybridized carbons (Fsp3) is 1.00. The molecule has 1 unspecified atom stereocenters. The zero-order chi connectivity index (χ0) is 9.94. The molecule has 0 amide bonds. The topological polar surface area (TPSA) is 0 Å². The minimum absolute atomic E-state index is 0.531. The molecule has 13 heavy (non-hydrogen) atoms. The monoisotopic (exact) mass is 188 g/mol. The molecule has 0 aliphatic rings. The number of rotatable bonds is 9. The van der Waals surface area contributed by atoms with E-state index in [4.69, 9.17) is 0 Å². The van der Waals surface area contributed by atoms with Gasteiger partial charge in [-0.25, -0.2) is 4.39 Å². The second-order valence-electron chi connectivity index (χ2n) is 3.94. The first kappa shape index (κ1) is 12.9. The molecule has 0 fully saturated rings. The highest BCUT2D eigenvalue weighted by Gasteiger charge is 2.03. The Bertz CT molecular complexity index is 91.1. The highest BCUT2D eigenvalue weighted by molar-refractivity contribution is 4.55. The molecule has 0 nitrogen and oxygen atoms in total. The minimum Gasteiger partial charge on any atom is -0.247 e. The summed E-state index contributed by atoms with van der Waals surface area (Å²) >= 11 is 0. The van der Waals surface area contributed by atoms with Gasteiger partial charge in [0.25, 0.3) is 0 Å². The molecule has 0 N–H and O–H groups in total. The Morgan fingerprint density at radius 3 is 2.00 bits per heavy atom. The van der Waals surface area contributed by atoms with E-state index >= 15 is 0 Å². The zero-order valence-electron chi connectivity index (χ0n) is 9.32. The van der Waals surface area contributed by atoms with Crippen molar-refractivity contribution in [3.05, 3.63) is 0 Å². The summed E-state index contributed by atoms with van der Waals surface area (Å²) in [7, 11) is 0. The van der Waals surface area contributed by atoms with Gasteiger partial charge >= 0.3 is 0 Å². The third-order valence-electron chi connectivity index (χ3n) is 2.47. The Kier molecular flexibility index (Phi) is 9.96. The summed E-state index contributed by atoms with van der Waals surface area (Å²) < 4.78 is 13.0. The first-order valence-corrected chi connectivity index (χ1v) is 5.95. The van der Waals surface area contributed by atoms with Crippen molar-refractivity contribution >= 4 is 0 Å². The lowest BCUT2D eigenvalue weighted by molar-refractivity contribution is 0.285. The van der Waals surface area contributed by atoms with Gasteiger partial charge in [0.1, 0.15) is 6.17 Å². The van der Waals surface area contributed by atoms with E-state index in [0.29, 0.717) is 0 Å². The summed E-state index contributed by atoms with van der Waals surface area (Å²) in [5.74, 6) is 0. The molecular weight excluding hydrogens is 163 g/mol. The van der Waals surface area contributed by atoms with Gasteiger partial charge in [0.05, 0.1) is 0 Å². The minimum atomic E-state index is -0.531. The third-order valence-corrected chi connectivity index (χ3v) is 2.47. The quantitative estimate of drug-likeness (QED) is 0.453. The lowest BCUT2D eigenvalue weighted by Gasteiger charge is -2.05. The molecule has 0 aromatic carbocycles. The van der Waals surface area contributed by atoms with Crippen molar-refractivity contribution in [2.45, 2.75) is 77.8 Å². The van der Waals surface area contributed by atoms with Crippen molar-refractivity contribution in [3.63, 3.8) is 0 Å². The van der Waals surface area contributed by atoms with Crippen LogP contribution < -0.4 is 0 Å². The van der Waals surface area contributed by atoms with E-state index < -0.39 is 6.17 Å². The number of halogens is 1. The van der Waals surface area contributed by atoms with E-state index in [1.165, 1.54) is 32.1 Å². The van der Waals surface area contributed by atoms with Gasteiger partial charge in [0.2, 0.25) is 0 Å². The summed E-state index contributed by atoms with van der Waals surface area (Å²) in [6.45, 7) is 4.27. The second kappa shape index (κ2) is 10.0. The average Bonchev–Trinajstić information content (AvgIpc) is 2.11. The molecule has 0 aromatic rings. The molecule has 0 saturated carbocycles. The molecule has 0 bridgehead atoms. The Balaban J connectivity index is 2.97. The van der Waals surface area contributed by atoms with Crippen molar-refractivity contribution in [2.24, 2.45) is 0 Å². The molecule has 0 spiro atoms. The second-order valence-corrected chi connectivity index (χ2v) is 3.94. The van der Waals surface area contributed by atoms with Crippen LogP contribution in [-0.4, -0.2) is 6.17 Å². The Labute approximate surface area is 82.9 Å². The van der Waals surface area contributed by atoms with Gasteiger partial charge in [-0.1, -0.05) is 58.8 Å². The average molecular weight is 188 g/mol. The van der Waals surface area contributed by atoms with Gasteiger partial charge in [0.15, 0.2) is 0 Å². The van der Waals surface area contributed by atoms with Crippen LogP contribution in [0.5, 0.6) is 0 Å². The van der Waals surface area contributed by atoms with Crippen molar-refractivity contribution in [3.8, 4) is 0 Å². The van der Waals surface area contributed by atoms with Crippen LogP contribution in [0, 0.1) is 0 Å². The van der Waals surface area contributed by atoms with E-state index in [-0.39, 0.29) is 0 Å². The maximum Gasteiger partial charge on any atom is 0.100 e. The predicted octanol–water partition coefficient (Wildman–Crippen LogP) is 4.88. The van der Waals surface area contributed by atoms with Crippen molar-refractivity contribution in [1.82, 2.24) is 0 Å². The van der Waals surface area contributed by atoms with E-state index in [1.807, 2.05) is 6.92 Å². The molecular formula is C12H25F. The SMILES string of the molecule is CCCCCCCCC(F)CCC. The lowest BCUT2D eigenvalue weighted by atomic mass is 10.1. The van der Waals surface area contributed by atoms with Crippen LogP contribution in [0.4, 0.5) is 4.39 Å². The Morgan fingerprint density at radius 1 is 0.769 bits per heavy atom. The van der Waals surface area contributed by atoms with E-state index in [9.17, 15) is 4.39 Å². The van der Waals surface area contributed by atoms with E-state index in [0.717, 1.165) is 25.7 Å². The Morgan fingerprint density at radius 2 is 1.38 bits per heavy atom. The van der Waals surface area contributed by atoms with Crippen LogP contribution >= 0.6 is 0 Å². The third kappa shape index (κ3) is 9.85. The van der Waals surface area contributed by atoms with Crippen molar-refractivity contribution < 1.29 is 4.39 Å². The predicted molar refractivity (Wildman–Crippen MR) is 57.8 cm³/mol. The van der Waals surface area contributed by atoms with Crippen LogP contribution in [0.25, 0.3) is 0 Å². The van der Waals surface area contributed by atoms with Gasteiger partial charge < -0.3 is 0 Å². The molecule has 0 aliphatic heterocycles. The molecule has 0 aliphatic carbocycles. The summed E-state index contributed by atoms with van der Waals surface area (Å²) in [5.41, 5.74) is 0. The number of alkyl halides is 1. The number of hydrogen-bond acceptors (Lipinski definition) is 0. The van der Waals surface area contributed by atoms with Crippen molar-refractivity contribution in [2.75, 3.05) is 0 Å². The molecule has 1 heteroatoms. The molecule has 1 atom stereocenters. The fourth-order valence-electron chi connectivity index (χ4n) is 1.60. The van der Waals surface area contributed by atoms with Gasteiger partial charge in [-0.3, -0.25) is 0 Å². The van der Waals surface area contributed by atoms with Gasteiger partial charge in [-0.15, -0.1) is 0 Å². The van der Waals surface area contributed by atoms with Crippen molar-refractivity contribution in [1.29, 1.82) is 0 Å². The molecule has 0 saturated heterocycles. The lowest BCUT2D eigenvalue weighted by Crippen LogP contribution is -1.98. The molecule has 0 rings (SSSR count).